The molecule has 2 atom stereocenters. The zero-order valence-corrected chi connectivity index (χ0v) is 11.6. The van der Waals surface area contributed by atoms with Gasteiger partial charge in [-0.05, 0) is 22.9 Å². The normalized spacial score (nSPS) is 16.3. The molecule has 0 aliphatic rings. The van der Waals surface area contributed by atoms with Gasteiger partial charge in [0.05, 0.1) is 6.61 Å². The number of primary sulfonamides is 1. The minimum absolute atomic E-state index is 0.145. The van der Waals surface area contributed by atoms with Crippen LogP contribution in [0.5, 0.6) is 0 Å². The predicted octanol–water partition coefficient (Wildman–Crippen LogP) is 2.06. The minimum Gasteiger partial charge on any atom is -0.396 e. The first-order valence-corrected chi connectivity index (χ1v) is 7.76. The lowest BCUT2D eigenvalue weighted by Gasteiger charge is -2.23. The van der Waals surface area contributed by atoms with Crippen LogP contribution in [0.3, 0.4) is 0 Å². The summed E-state index contributed by atoms with van der Waals surface area (Å²) in [4.78, 5) is 0. The van der Waals surface area contributed by atoms with Crippen LogP contribution in [0.2, 0.25) is 0 Å². The van der Waals surface area contributed by atoms with Crippen LogP contribution >= 0.6 is 11.3 Å². The van der Waals surface area contributed by atoms with E-state index in [9.17, 15) is 26.7 Å². The molecule has 0 bridgehead atoms. The summed E-state index contributed by atoms with van der Waals surface area (Å²) in [6.45, 7) is 0.745. The molecule has 110 valence electrons. The lowest BCUT2D eigenvalue weighted by molar-refractivity contribution is -0.145. The summed E-state index contributed by atoms with van der Waals surface area (Å²) >= 11 is 0.830. The third-order valence-electron chi connectivity index (χ3n) is 2.75. The molecule has 0 unspecified atom stereocenters. The van der Waals surface area contributed by atoms with Crippen molar-refractivity contribution < 1.29 is 26.7 Å². The number of alkyl halides is 3. The summed E-state index contributed by atoms with van der Waals surface area (Å²) in [7, 11) is -4.00. The summed E-state index contributed by atoms with van der Waals surface area (Å²) in [5.74, 6) is -1.86. The van der Waals surface area contributed by atoms with Gasteiger partial charge in [0.1, 0.15) is 4.21 Å². The number of aliphatic hydroxyl groups excluding tert-OH is 1. The average Bonchev–Trinajstić information content (AvgIpc) is 2.63. The van der Waals surface area contributed by atoms with Gasteiger partial charge in [0.2, 0.25) is 10.0 Å². The summed E-state index contributed by atoms with van der Waals surface area (Å²) < 4.78 is 59.5. The number of hydrogen-bond acceptors (Lipinski definition) is 4. The molecule has 0 radical (unpaired) electrons. The molecule has 0 saturated heterocycles. The van der Waals surface area contributed by atoms with Crippen LogP contribution in [0, 0.1) is 5.92 Å². The van der Waals surface area contributed by atoms with Gasteiger partial charge in [-0.15, -0.1) is 11.3 Å². The fraction of sp³-hybridized carbons (Fsp3) is 0.600. The Hall–Kier alpha value is -0.640. The van der Waals surface area contributed by atoms with E-state index >= 15 is 0 Å². The smallest absolute Gasteiger partial charge is 0.389 e. The van der Waals surface area contributed by atoms with E-state index in [-0.39, 0.29) is 9.77 Å². The second-order valence-corrected chi connectivity index (χ2v) is 6.97. The van der Waals surface area contributed by atoms with Gasteiger partial charge < -0.3 is 5.11 Å². The van der Waals surface area contributed by atoms with Crippen LogP contribution in [0.15, 0.2) is 15.7 Å². The zero-order valence-electron chi connectivity index (χ0n) is 10.0. The van der Waals surface area contributed by atoms with Crippen molar-refractivity contribution >= 4 is 21.4 Å². The number of halogens is 3. The summed E-state index contributed by atoms with van der Waals surface area (Å²) in [6.07, 6.45) is -5.47. The minimum atomic E-state index is -4.37. The van der Waals surface area contributed by atoms with E-state index in [1.807, 2.05) is 0 Å². The SMILES string of the molecule is C[C@H](CC(F)(F)F)[C@H](CO)c1ccsc1S(N)(=O)=O. The van der Waals surface area contributed by atoms with Crippen molar-refractivity contribution in [1.29, 1.82) is 0 Å². The van der Waals surface area contributed by atoms with Gasteiger partial charge in [0, 0.05) is 12.3 Å². The third kappa shape index (κ3) is 4.44. The maximum atomic E-state index is 12.4. The van der Waals surface area contributed by atoms with Crippen LogP contribution in [0.1, 0.15) is 24.8 Å². The quantitative estimate of drug-likeness (QED) is 0.872. The standard InChI is InChI=1S/C10H14F3NO3S2/c1-6(4-10(11,12)13)8(5-15)7-2-3-18-9(7)19(14,16)17/h2-3,6,8,15H,4-5H2,1H3,(H2,14,16,17)/t6-,8+/m1/s1. The Labute approximate surface area is 113 Å². The lowest BCUT2D eigenvalue weighted by Crippen LogP contribution is -2.23. The molecule has 1 heterocycles. The number of rotatable bonds is 5. The highest BCUT2D eigenvalue weighted by molar-refractivity contribution is 7.91. The van der Waals surface area contributed by atoms with E-state index in [0.29, 0.717) is 0 Å². The largest absolute Gasteiger partial charge is 0.396 e. The van der Waals surface area contributed by atoms with Crippen LogP contribution < -0.4 is 5.14 Å². The van der Waals surface area contributed by atoms with Crippen molar-refractivity contribution in [1.82, 2.24) is 0 Å². The van der Waals surface area contributed by atoms with Crippen LogP contribution in [0.25, 0.3) is 0 Å². The first kappa shape index (κ1) is 16.4. The Balaban J connectivity index is 3.08. The fourth-order valence-electron chi connectivity index (χ4n) is 1.90. The van der Waals surface area contributed by atoms with E-state index in [0.717, 1.165) is 11.3 Å². The molecular weight excluding hydrogens is 303 g/mol. The Morgan fingerprint density at radius 2 is 2.05 bits per heavy atom. The van der Waals surface area contributed by atoms with Crippen LogP contribution in [0.4, 0.5) is 13.2 Å². The predicted molar refractivity (Wildman–Crippen MR) is 65.4 cm³/mol. The second-order valence-electron chi connectivity index (χ2n) is 4.29. The van der Waals surface area contributed by atoms with E-state index in [1.165, 1.54) is 18.4 Å². The first-order chi connectivity index (χ1) is 8.56. The molecule has 0 fully saturated rings. The molecule has 0 saturated carbocycles. The van der Waals surface area contributed by atoms with Crippen molar-refractivity contribution in [2.45, 2.75) is 29.6 Å². The summed E-state index contributed by atoms with van der Waals surface area (Å²) in [5.41, 5.74) is 0.145. The van der Waals surface area contributed by atoms with E-state index in [1.54, 1.807) is 0 Å². The Bertz CT molecular complexity index is 524. The fourth-order valence-corrected chi connectivity index (χ4v) is 3.85. The van der Waals surface area contributed by atoms with Gasteiger partial charge in [0.25, 0.3) is 0 Å². The number of hydrogen-bond donors (Lipinski definition) is 2. The van der Waals surface area contributed by atoms with Gasteiger partial charge >= 0.3 is 6.18 Å². The molecule has 19 heavy (non-hydrogen) atoms. The third-order valence-corrected chi connectivity index (χ3v) is 5.21. The molecule has 4 nitrogen and oxygen atoms in total. The molecule has 9 heteroatoms. The molecule has 0 aliphatic heterocycles. The number of aliphatic hydroxyl groups is 1. The molecule has 0 amide bonds. The van der Waals surface area contributed by atoms with E-state index in [2.05, 4.69) is 0 Å². The Morgan fingerprint density at radius 1 is 1.47 bits per heavy atom. The van der Waals surface area contributed by atoms with Crippen molar-refractivity contribution in [3.63, 3.8) is 0 Å². The molecular formula is C10H14F3NO3S2. The molecule has 0 spiro atoms. The lowest BCUT2D eigenvalue weighted by atomic mass is 9.87. The van der Waals surface area contributed by atoms with Gasteiger partial charge in [0.15, 0.2) is 0 Å². The average molecular weight is 317 g/mol. The molecule has 3 N–H and O–H groups in total. The second kappa shape index (κ2) is 5.78. The highest BCUT2D eigenvalue weighted by Gasteiger charge is 2.35. The number of nitrogens with two attached hydrogens (primary N) is 1. The summed E-state index contributed by atoms with van der Waals surface area (Å²) in [5, 5.41) is 15.7. The highest BCUT2D eigenvalue weighted by atomic mass is 32.2. The molecule has 1 aromatic heterocycles. The van der Waals surface area contributed by atoms with Crippen molar-refractivity contribution in [3.05, 3.63) is 17.0 Å². The first-order valence-electron chi connectivity index (χ1n) is 5.34. The summed E-state index contributed by atoms with van der Waals surface area (Å²) in [6, 6.07) is 1.39. The monoisotopic (exact) mass is 317 g/mol. The van der Waals surface area contributed by atoms with Gasteiger partial charge in [-0.1, -0.05) is 6.92 Å². The molecule has 1 rings (SSSR count). The highest BCUT2D eigenvalue weighted by Crippen LogP contribution is 2.37. The number of sulfonamides is 1. The van der Waals surface area contributed by atoms with Gasteiger partial charge in [-0.2, -0.15) is 13.2 Å². The molecule has 1 aromatic rings. The van der Waals surface area contributed by atoms with E-state index < -0.39 is 41.1 Å². The van der Waals surface area contributed by atoms with Crippen molar-refractivity contribution in [2.24, 2.45) is 11.1 Å². The topological polar surface area (TPSA) is 80.4 Å². The Morgan fingerprint density at radius 3 is 2.47 bits per heavy atom. The Kier molecular flexibility index (Phi) is 4.99. The van der Waals surface area contributed by atoms with Crippen molar-refractivity contribution in [3.8, 4) is 0 Å². The van der Waals surface area contributed by atoms with Gasteiger partial charge in [-0.25, -0.2) is 13.6 Å². The van der Waals surface area contributed by atoms with Crippen LogP contribution in [-0.4, -0.2) is 26.3 Å². The molecule has 0 aliphatic carbocycles. The van der Waals surface area contributed by atoms with Crippen LogP contribution in [-0.2, 0) is 10.0 Å². The molecule has 0 aromatic carbocycles. The van der Waals surface area contributed by atoms with Gasteiger partial charge in [-0.3, -0.25) is 0 Å². The van der Waals surface area contributed by atoms with E-state index in [4.69, 9.17) is 5.14 Å². The number of thiophene rings is 1. The zero-order chi connectivity index (χ0) is 14.8. The maximum absolute atomic E-state index is 12.4. The van der Waals surface area contributed by atoms with Crippen molar-refractivity contribution in [2.75, 3.05) is 6.61 Å². The maximum Gasteiger partial charge on any atom is 0.389 e.